The van der Waals surface area contributed by atoms with Crippen LogP contribution in [0.5, 0.6) is 17.2 Å². The number of para-hydroxylation sites is 2. The van der Waals surface area contributed by atoms with Gasteiger partial charge in [-0.15, -0.1) is 0 Å². The van der Waals surface area contributed by atoms with E-state index in [4.69, 9.17) is 30.8 Å². The number of allylic oxidation sites excluding steroid dienone is 1. The van der Waals surface area contributed by atoms with Crippen molar-refractivity contribution in [2.75, 3.05) is 31.5 Å². The molecule has 0 saturated heterocycles. The molecule has 8 nitrogen and oxygen atoms in total. The maximum Gasteiger partial charge on any atom is 0.255 e. The van der Waals surface area contributed by atoms with Crippen LogP contribution < -0.4 is 24.8 Å². The van der Waals surface area contributed by atoms with E-state index in [1.165, 1.54) is 14.2 Å². The highest BCUT2D eigenvalue weighted by Gasteiger charge is 2.33. The number of nitrogens with zero attached hydrogens (tertiary/aromatic N) is 2. The number of rotatable bonds is 7. The lowest BCUT2D eigenvalue weighted by molar-refractivity contribution is -0.113. The van der Waals surface area contributed by atoms with Crippen molar-refractivity contribution in [1.82, 2.24) is 9.55 Å². The highest BCUT2D eigenvalue weighted by molar-refractivity contribution is 6.32. The molecule has 2 N–H and O–H groups in total. The SMILES string of the molecule is CCOc1ccc([C@H]2Nc3nc4ccccc4n3C(C)=C2C(=O)Nc2cc(OC)c(Cl)cc2OC)cc1. The van der Waals surface area contributed by atoms with Crippen LogP contribution in [0.3, 0.4) is 0 Å². The first-order valence-electron chi connectivity index (χ1n) is 11.9. The Bertz CT molecular complexity index is 1510. The first kappa shape index (κ1) is 24.5. The van der Waals surface area contributed by atoms with E-state index < -0.39 is 6.04 Å². The average Bonchev–Trinajstić information content (AvgIpc) is 3.28. The Kier molecular flexibility index (Phi) is 6.67. The van der Waals surface area contributed by atoms with E-state index in [1.807, 2.05) is 66.9 Å². The van der Waals surface area contributed by atoms with Crippen LogP contribution in [0.4, 0.5) is 11.6 Å². The normalized spacial score (nSPS) is 14.7. The van der Waals surface area contributed by atoms with Crippen molar-refractivity contribution in [1.29, 1.82) is 0 Å². The highest BCUT2D eigenvalue weighted by atomic mass is 35.5. The minimum atomic E-state index is -0.458. The number of halogens is 1. The van der Waals surface area contributed by atoms with E-state index in [1.54, 1.807) is 12.1 Å². The van der Waals surface area contributed by atoms with Gasteiger partial charge in [-0.3, -0.25) is 9.36 Å². The molecule has 4 aromatic rings. The monoisotopic (exact) mass is 518 g/mol. The largest absolute Gasteiger partial charge is 0.495 e. The lowest BCUT2D eigenvalue weighted by Gasteiger charge is -2.30. The van der Waals surface area contributed by atoms with Gasteiger partial charge in [0.25, 0.3) is 5.91 Å². The molecule has 0 spiro atoms. The smallest absolute Gasteiger partial charge is 0.255 e. The Balaban J connectivity index is 1.62. The Morgan fingerprint density at radius 2 is 1.81 bits per heavy atom. The number of amides is 1. The van der Waals surface area contributed by atoms with Crippen LogP contribution in [0.2, 0.25) is 5.02 Å². The maximum atomic E-state index is 14.0. The number of ether oxygens (including phenoxy) is 3. The molecule has 0 unspecified atom stereocenters. The van der Waals surface area contributed by atoms with Gasteiger partial charge in [-0.25, -0.2) is 4.98 Å². The zero-order chi connectivity index (χ0) is 26.1. The molecule has 2 heterocycles. The second-order valence-electron chi connectivity index (χ2n) is 8.48. The van der Waals surface area contributed by atoms with Crippen molar-refractivity contribution >= 4 is 45.9 Å². The fraction of sp³-hybridized carbons (Fsp3) is 0.214. The summed E-state index contributed by atoms with van der Waals surface area (Å²) in [7, 11) is 3.04. The lowest BCUT2D eigenvalue weighted by atomic mass is 9.94. The third-order valence-corrected chi connectivity index (χ3v) is 6.63. The van der Waals surface area contributed by atoms with Gasteiger partial charge in [0.2, 0.25) is 5.95 Å². The third kappa shape index (κ3) is 4.44. The van der Waals surface area contributed by atoms with Crippen molar-refractivity contribution in [3.8, 4) is 17.2 Å². The van der Waals surface area contributed by atoms with Gasteiger partial charge in [0.05, 0.1) is 54.2 Å². The molecule has 0 aliphatic carbocycles. The summed E-state index contributed by atoms with van der Waals surface area (Å²) in [5.74, 6) is 1.98. The van der Waals surface area contributed by atoms with E-state index >= 15 is 0 Å². The Morgan fingerprint density at radius 3 is 2.51 bits per heavy atom. The summed E-state index contributed by atoms with van der Waals surface area (Å²) >= 11 is 6.27. The van der Waals surface area contributed by atoms with E-state index in [0.717, 1.165) is 28.0 Å². The van der Waals surface area contributed by atoms with Gasteiger partial charge in [-0.05, 0) is 43.7 Å². The van der Waals surface area contributed by atoms with Crippen LogP contribution in [0, 0.1) is 0 Å². The molecule has 9 heteroatoms. The number of methoxy groups -OCH3 is 2. The van der Waals surface area contributed by atoms with E-state index in [9.17, 15) is 4.79 Å². The fourth-order valence-corrected chi connectivity index (χ4v) is 4.84. The number of benzene rings is 3. The predicted molar refractivity (Wildman–Crippen MR) is 146 cm³/mol. The number of anilines is 2. The van der Waals surface area contributed by atoms with Gasteiger partial charge in [0.1, 0.15) is 17.2 Å². The number of imidazole rings is 1. The van der Waals surface area contributed by atoms with Crippen LogP contribution in [-0.4, -0.2) is 36.3 Å². The van der Waals surface area contributed by atoms with Crippen molar-refractivity contribution in [3.63, 3.8) is 0 Å². The molecule has 0 radical (unpaired) electrons. The zero-order valence-electron chi connectivity index (χ0n) is 21.0. The number of hydrogen-bond acceptors (Lipinski definition) is 6. The molecule has 37 heavy (non-hydrogen) atoms. The van der Waals surface area contributed by atoms with Gasteiger partial charge < -0.3 is 24.8 Å². The Morgan fingerprint density at radius 1 is 1.08 bits per heavy atom. The molecule has 1 aromatic heterocycles. The maximum absolute atomic E-state index is 14.0. The van der Waals surface area contributed by atoms with Crippen LogP contribution >= 0.6 is 11.6 Å². The first-order valence-corrected chi connectivity index (χ1v) is 12.2. The second kappa shape index (κ2) is 10.1. The zero-order valence-corrected chi connectivity index (χ0v) is 21.7. The molecular weight excluding hydrogens is 492 g/mol. The number of carbonyl (C=O) groups excluding carboxylic acids is 1. The summed E-state index contributed by atoms with van der Waals surface area (Å²) in [5.41, 5.74) is 4.38. The summed E-state index contributed by atoms with van der Waals surface area (Å²) in [5, 5.41) is 6.87. The summed E-state index contributed by atoms with van der Waals surface area (Å²) in [6.45, 7) is 4.44. The van der Waals surface area contributed by atoms with Crippen LogP contribution in [0.15, 0.2) is 66.2 Å². The standard InChI is InChI=1S/C28H27ClN4O4/c1-5-37-18-12-10-17(11-13-18)26-25(16(2)33-22-9-7-6-8-20(22)31-28(33)32-26)27(34)30-21-15-23(35-3)19(29)14-24(21)36-4/h6-15,26H,5H2,1-4H3,(H,30,34)(H,31,32)/t26-/m1/s1. The summed E-state index contributed by atoms with van der Waals surface area (Å²) in [4.78, 5) is 18.7. The Hall–Kier alpha value is -4.17. The summed E-state index contributed by atoms with van der Waals surface area (Å²) in [6, 6.07) is 18.3. The van der Waals surface area contributed by atoms with Gasteiger partial charge in [0, 0.05) is 17.8 Å². The molecule has 1 atom stereocenters. The summed E-state index contributed by atoms with van der Waals surface area (Å²) < 4.78 is 18.4. The molecule has 0 fully saturated rings. The fourth-order valence-electron chi connectivity index (χ4n) is 4.61. The molecule has 190 valence electrons. The number of nitrogens with one attached hydrogen (secondary N) is 2. The van der Waals surface area contributed by atoms with Crippen LogP contribution in [0.25, 0.3) is 16.7 Å². The lowest BCUT2D eigenvalue weighted by Crippen LogP contribution is -2.30. The topological polar surface area (TPSA) is 86.6 Å². The van der Waals surface area contributed by atoms with E-state index in [-0.39, 0.29) is 5.91 Å². The molecule has 1 amide bonds. The molecule has 1 aliphatic rings. The molecule has 0 bridgehead atoms. The number of fused-ring (bicyclic) bond motifs is 3. The predicted octanol–water partition coefficient (Wildman–Crippen LogP) is 6.14. The van der Waals surface area contributed by atoms with Gasteiger partial charge in [0.15, 0.2) is 0 Å². The number of aromatic nitrogens is 2. The molecule has 3 aromatic carbocycles. The van der Waals surface area contributed by atoms with E-state index in [0.29, 0.717) is 40.3 Å². The number of carbonyl (C=O) groups is 1. The average molecular weight is 519 g/mol. The first-order chi connectivity index (χ1) is 17.9. The quantitative estimate of drug-likeness (QED) is 0.305. The minimum absolute atomic E-state index is 0.296. The third-order valence-electron chi connectivity index (χ3n) is 6.34. The van der Waals surface area contributed by atoms with Crippen molar-refractivity contribution < 1.29 is 19.0 Å². The Labute approximate surface area is 219 Å². The molecular formula is C28H27ClN4O4. The van der Waals surface area contributed by atoms with Crippen LogP contribution in [0.1, 0.15) is 25.5 Å². The van der Waals surface area contributed by atoms with Crippen molar-refractivity contribution in [3.05, 3.63) is 76.8 Å². The van der Waals surface area contributed by atoms with Gasteiger partial charge in [-0.1, -0.05) is 35.9 Å². The van der Waals surface area contributed by atoms with Gasteiger partial charge >= 0.3 is 0 Å². The molecule has 0 saturated carbocycles. The van der Waals surface area contributed by atoms with E-state index in [2.05, 4.69) is 10.6 Å². The molecule has 5 rings (SSSR count). The van der Waals surface area contributed by atoms with Gasteiger partial charge in [-0.2, -0.15) is 0 Å². The summed E-state index contributed by atoms with van der Waals surface area (Å²) in [6.07, 6.45) is 0. The molecule has 1 aliphatic heterocycles. The van der Waals surface area contributed by atoms with Crippen molar-refractivity contribution in [2.45, 2.75) is 19.9 Å². The second-order valence-corrected chi connectivity index (χ2v) is 8.89. The van der Waals surface area contributed by atoms with Crippen LogP contribution in [-0.2, 0) is 4.79 Å². The minimum Gasteiger partial charge on any atom is -0.495 e. The number of hydrogen-bond donors (Lipinski definition) is 2. The van der Waals surface area contributed by atoms with Crippen molar-refractivity contribution in [2.24, 2.45) is 0 Å². The highest BCUT2D eigenvalue weighted by Crippen LogP contribution is 2.41.